The molecule has 0 saturated carbocycles. The third-order valence-corrected chi connectivity index (χ3v) is 4.59. The summed E-state index contributed by atoms with van der Waals surface area (Å²) in [6, 6.07) is 12.3. The number of nitrogens with zero attached hydrogens (tertiary/aromatic N) is 5. The number of hydrogen-bond acceptors (Lipinski definition) is 6. The van der Waals surface area contributed by atoms with Gasteiger partial charge in [-0.25, -0.2) is 24.1 Å². The second-order valence-electron chi connectivity index (χ2n) is 7.17. The van der Waals surface area contributed by atoms with Crippen molar-refractivity contribution in [2.75, 3.05) is 5.32 Å². The summed E-state index contributed by atoms with van der Waals surface area (Å²) in [5, 5.41) is 10.4. The lowest BCUT2D eigenvalue weighted by molar-refractivity contribution is -0.192. The first kappa shape index (κ1) is 25.3. The van der Waals surface area contributed by atoms with Gasteiger partial charge in [0.25, 0.3) is 0 Å². The SMILES string of the molecule is Cc1nc(NCc2cc(F)ccc2-n2ccnc2C)cc(-c2ccccn2)n1.O=C(O)C(F)(F)F. The Balaban J connectivity index is 0.000000429. The number of anilines is 1. The van der Waals surface area contributed by atoms with Crippen molar-refractivity contribution >= 4 is 11.8 Å². The predicted octanol–water partition coefficient (Wildman–Crippen LogP) is 4.73. The van der Waals surface area contributed by atoms with E-state index in [1.54, 1.807) is 18.5 Å². The van der Waals surface area contributed by atoms with Gasteiger partial charge in [0.2, 0.25) is 0 Å². The largest absolute Gasteiger partial charge is 0.490 e. The van der Waals surface area contributed by atoms with E-state index in [9.17, 15) is 17.6 Å². The van der Waals surface area contributed by atoms with E-state index in [-0.39, 0.29) is 5.82 Å². The number of benzene rings is 1. The maximum absolute atomic E-state index is 13.9. The number of hydrogen-bond donors (Lipinski definition) is 2. The van der Waals surface area contributed by atoms with Crippen molar-refractivity contribution in [1.82, 2.24) is 24.5 Å². The molecule has 0 spiro atoms. The Morgan fingerprint density at radius 1 is 1.03 bits per heavy atom. The Kier molecular flexibility index (Phi) is 7.74. The summed E-state index contributed by atoms with van der Waals surface area (Å²) in [5.74, 6) is -0.914. The molecule has 0 radical (unpaired) electrons. The molecule has 3 heterocycles. The van der Waals surface area contributed by atoms with Gasteiger partial charge < -0.3 is 15.0 Å². The number of pyridine rings is 1. The van der Waals surface area contributed by atoms with E-state index >= 15 is 0 Å². The molecule has 182 valence electrons. The third-order valence-electron chi connectivity index (χ3n) is 4.59. The summed E-state index contributed by atoms with van der Waals surface area (Å²) >= 11 is 0. The number of aromatic nitrogens is 5. The first-order valence-corrected chi connectivity index (χ1v) is 10.1. The van der Waals surface area contributed by atoms with Crippen molar-refractivity contribution < 1.29 is 27.5 Å². The van der Waals surface area contributed by atoms with Crippen molar-refractivity contribution in [3.63, 3.8) is 0 Å². The fourth-order valence-corrected chi connectivity index (χ4v) is 3.05. The van der Waals surface area contributed by atoms with Gasteiger partial charge in [0.15, 0.2) is 0 Å². The molecule has 0 bridgehead atoms. The summed E-state index contributed by atoms with van der Waals surface area (Å²) in [6.45, 7) is 4.15. The number of carboxylic acids is 1. The number of carbonyl (C=O) groups is 1. The highest BCUT2D eigenvalue weighted by molar-refractivity contribution is 5.73. The van der Waals surface area contributed by atoms with Crippen LogP contribution in [0.3, 0.4) is 0 Å². The molecule has 0 aliphatic heterocycles. The molecule has 3 aromatic heterocycles. The van der Waals surface area contributed by atoms with Crippen LogP contribution in [0.25, 0.3) is 17.1 Å². The van der Waals surface area contributed by atoms with Gasteiger partial charge in [-0.05, 0) is 49.7 Å². The van der Waals surface area contributed by atoms with Crippen molar-refractivity contribution in [3.05, 3.63) is 84.1 Å². The van der Waals surface area contributed by atoms with Gasteiger partial charge in [-0.3, -0.25) is 4.98 Å². The maximum Gasteiger partial charge on any atom is 0.490 e. The van der Waals surface area contributed by atoms with Crippen LogP contribution in [-0.4, -0.2) is 41.8 Å². The number of nitrogens with one attached hydrogen (secondary N) is 1. The average Bonchev–Trinajstić information content (AvgIpc) is 3.23. The van der Waals surface area contributed by atoms with Crippen LogP contribution in [-0.2, 0) is 11.3 Å². The van der Waals surface area contributed by atoms with Crippen LogP contribution >= 0.6 is 0 Å². The van der Waals surface area contributed by atoms with Gasteiger partial charge in [0.05, 0.1) is 17.1 Å². The summed E-state index contributed by atoms with van der Waals surface area (Å²) < 4.78 is 47.5. The lowest BCUT2D eigenvalue weighted by atomic mass is 10.1. The Morgan fingerprint density at radius 3 is 2.37 bits per heavy atom. The number of imidazole rings is 1. The molecular formula is C23H20F4N6O2. The van der Waals surface area contributed by atoms with Crippen LogP contribution in [0.15, 0.2) is 61.1 Å². The molecule has 4 rings (SSSR count). The number of carboxylic acid groups (broad SMARTS) is 1. The predicted molar refractivity (Wildman–Crippen MR) is 119 cm³/mol. The number of aliphatic carboxylic acids is 1. The Bertz CT molecular complexity index is 1310. The molecule has 0 unspecified atom stereocenters. The van der Waals surface area contributed by atoms with Crippen molar-refractivity contribution in [2.24, 2.45) is 0 Å². The minimum absolute atomic E-state index is 0.286. The summed E-state index contributed by atoms with van der Waals surface area (Å²) in [7, 11) is 0. The second-order valence-corrected chi connectivity index (χ2v) is 7.17. The molecule has 4 aromatic rings. The van der Waals surface area contributed by atoms with Gasteiger partial charge >= 0.3 is 12.1 Å². The zero-order valence-corrected chi connectivity index (χ0v) is 18.6. The van der Waals surface area contributed by atoms with Crippen molar-refractivity contribution in [1.29, 1.82) is 0 Å². The first-order chi connectivity index (χ1) is 16.5. The Morgan fingerprint density at radius 2 is 1.77 bits per heavy atom. The third kappa shape index (κ3) is 6.82. The van der Waals surface area contributed by atoms with Crippen LogP contribution in [0, 0.1) is 19.7 Å². The molecule has 1 aromatic carbocycles. The molecule has 0 amide bonds. The summed E-state index contributed by atoms with van der Waals surface area (Å²) in [6.07, 6.45) is 0.231. The number of halogens is 4. The monoisotopic (exact) mass is 488 g/mol. The van der Waals surface area contributed by atoms with E-state index < -0.39 is 12.1 Å². The normalized spacial score (nSPS) is 10.9. The van der Waals surface area contributed by atoms with Crippen LogP contribution < -0.4 is 5.32 Å². The van der Waals surface area contributed by atoms with Crippen LogP contribution in [0.2, 0.25) is 0 Å². The van der Waals surface area contributed by atoms with E-state index in [0.29, 0.717) is 18.2 Å². The molecule has 12 heteroatoms. The summed E-state index contributed by atoms with van der Waals surface area (Å²) in [4.78, 5) is 26.4. The minimum atomic E-state index is -5.08. The van der Waals surface area contributed by atoms with Crippen LogP contribution in [0.1, 0.15) is 17.2 Å². The molecule has 8 nitrogen and oxygen atoms in total. The zero-order valence-electron chi connectivity index (χ0n) is 18.6. The zero-order chi connectivity index (χ0) is 25.6. The van der Waals surface area contributed by atoms with Gasteiger partial charge in [-0.2, -0.15) is 13.2 Å². The molecular weight excluding hydrogens is 468 g/mol. The van der Waals surface area contributed by atoms with Crippen LogP contribution in [0.4, 0.5) is 23.4 Å². The topological polar surface area (TPSA) is 106 Å². The van der Waals surface area contributed by atoms with E-state index in [1.807, 2.05) is 48.9 Å². The quantitative estimate of drug-likeness (QED) is 0.392. The van der Waals surface area contributed by atoms with Gasteiger partial charge in [-0.1, -0.05) is 6.07 Å². The fraction of sp³-hybridized carbons (Fsp3) is 0.174. The number of alkyl halides is 3. The number of rotatable bonds is 5. The second kappa shape index (κ2) is 10.7. The van der Waals surface area contributed by atoms with Crippen molar-refractivity contribution in [3.8, 4) is 17.1 Å². The fourth-order valence-electron chi connectivity index (χ4n) is 3.05. The lowest BCUT2D eigenvalue weighted by Gasteiger charge is -2.14. The Labute approximate surface area is 197 Å². The summed E-state index contributed by atoms with van der Waals surface area (Å²) in [5.41, 5.74) is 3.19. The minimum Gasteiger partial charge on any atom is -0.475 e. The molecule has 0 atom stereocenters. The van der Waals surface area contributed by atoms with E-state index in [1.165, 1.54) is 12.1 Å². The van der Waals surface area contributed by atoms with Crippen molar-refractivity contribution in [2.45, 2.75) is 26.6 Å². The molecule has 2 N–H and O–H groups in total. The van der Waals surface area contributed by atoms with Gasteiger partial charge in [-0.15, -0.1) is 0 Å². The molecule has 0 aliphatic rings. The average molecular weight is 488 g/mol. The van der Waals surface area contributed by atoms with E-state index in [4.69, 9.17) is 9.90 Å². The molecule has 0 aliphatic carbocycles. The van der Waals surface area contributed by atoms with Gasteiger partial charge in [0.1, 0.15) is 23.3 Å². The highest BCUT2D eigenvalue weighted by atomic mass is 19.4. The standard InChI is InChI=1S/C21H19FN6.C2HF3O2/c1-14-26-19(18-5-3-4-8-24-18)12-21(27-14)25-13-16-11-17(22)6-7-20(16)28-10-9-23-15(28)2;3-2(4,5)1(6)7/h3-12H,13H2,1-2H3,(H,25,26,27);(H,6,7). The van der Waals surface area contributed by atoms with Gasteiger partial charge in [0, 0.05) is 31.2 Å². The van der Waals surface area contributed by atoms with E-state index in [2.05, 4.69) is 25.3 Å². The molecule has 0 saturated heterocycles. The molecule has 0 fully saturated rings. The first-order valence-electron chi connectivity index (χ1n) is 10.1. The Hall–Kier alpha value is -4.35. The lowest BCUT2D eigenvalue weighted by Crippen LogP contribution is -2.21. The number of aryl methyl sites for hydroxylation is 2. The highest BCUT2D eigenvalue weighted by Gasteiger charge is 2.38. The van der Waals surface area contributed by atoms with E-state index in [0.717, 1.165) is 28.5 Å². The maximum atomic E-state index is 13.9. The smallest absolute Gasteiger partial charge is 0.475 e. The molecule has 35 heavy (non-hydrogen) atoms. The highest BCUT2D eigenvalue weighted by Crippen LogP contribution is 2.21. The van der Waals surface area contributed by atoms with Crippen LogP contribution in [0.5, 0.6) is 0 Å².